The second-order valence-corrected chi connectivity index (χ2v) is 8.52. The lowest BCUT2D eigenvalue weighted by atomic mass is 10.2. The molecular formula is C25H23ClN4O3S. The average molecular weight is 495 g/mol. The molecule has 0 radical (unpaired) electrons. The number of carbonyl (C=O) groups excluding carboxylic acids is 1. The molecule has 1 amide bonds. The van der Waals surface area contributed by atoms with Crippen molar-refractivity contribution >= 4 is 35.0 Å². The normalized spacial score (nSPS) is 10.7. The van der Waals surface area contributed by atoms with Crippen molar-refractivity contribution in [2.75, 3.05) is 24.8 Å². The summed E-state index contributed by atoms with van der Waals surface area (Å²) in [6, 6.07) is 22.2. The molecule has 0 saturated carbocycles. The third kappa shape index (κ3) is 5.70. The van der Waals surface area contributed by atoms with E-state index in [0.717, 1.165) is 17.0 Å². The number of carbonyl (C=O) groups is 1. The maximum atomic E-state index is 12.6. The molecule has 0 saturated heterocycles. The van der Waals surface area contributed by atoms with Gasteiger partial charge in [-0.15, -0.1) is 10.2 Å². The molecule has 0 atom stereocenters. The van der Waals surface area contributed by atoms with Gasteiger partial charge in [-0.25, -0.2) is 0 Å². The topological polar surface area (TPSA) is 78.3 Å². The Hall–Kier alpha value is -3.49. The minimum Gasteiger partial charge on any atom is -0.497 e. The van der Waals surface area contributed by atoms with Gasteiger partial charge in [0.25, 0.3) is 0 Å². The van der Waals surface area contributed by atoms with Gasteiger partial charge in [0.1, 0.15) is 11.5 Å². The Morgan fingerprint density at radius 1 is 1.03 bits per heavy atom. The SMILES string of the molecule is CCOc1ccc(NC(=O)CSc2nnc(-c3cccc(OC)c3)n2-c2ccc(Cl)cc2)cc1. The van der Waals surface area contributed by atoms with E-state index in [4.69, 9.17) is 21.1 Å². The lowest BCUT2D eigenvalue weighted by Crippen LogP contribution is -2.14. The fourth-order valence-electron chi connectivity index (χ4n) is 3.26. The van der Waals surface area contributed by atoms with Crippen LogP contribution in [0.15, 0.2) is 78.0 Å². The number of benzene rings is 3. The smallest absolute Gasteiger partial charge is 0.234 e. The highest BCUT2D eigenvalue weighted by atomic mass is 35.5. The van der Waals surface area contributed by atoms with Gasteiger partial charge in [0.05, 0.1) is 19.5 Å². The van der Waals surface area contributed by atoms with Crippen molar-refractivity contribution in [2.24, 2.45) is 0 Å². The average Bonchev–Trinajstić information content (AvgIpc) is 3.29. The van der Waals surface area contributed by atoms with E-state index in [-0.39, 0.29) is 11.7 Å². The Labute approximate surface area is 207 Å². The Kier molecular flexibility index (Phi) is 7.72. The highest BCUT2D eigenvalue weighted by molar-refractivity contribution is 7.99. The van der Waals surface area contributed by atoms with Crippen LogP contribution in [-0.2, 0) is 4.79 Å². The van der Waals surface area contributed by atoms with Crippen LogP contribution in [-0.4, -0.2) is 40.1 Å². The highest BCUT2D eigenvalue weighted by Crippen LogP contribution is 2.30. The van der Waals surface area contributed by atoms with Crippen LogP contribution in [0.4, 0.5) is 5.69 Å². The van der Waals surface area contributed by atoms with Crippen molar-refractivity contribution in [1.82, 2.24) is 14.8 Å². The first-order chi connectivity index (χ1) is 16.6. The molecule has 4 rings (SSSR count). The maximum absolute atomic E-state index is 12.6. The Balaban J connectivity index is 1.55. The second kappa shape index (κ2) is 11.1. The number of nitrogens with one attached hydrogen (secondary N) is 1. The summed E-state index contributed by atoms with van der Waals surface area (Å²) in [6.45, 7) is 2.52. The molecule has 0 aliphatic rings. The largest absolute Gasteiger partial charge is 0.497 e. The molecule has 34 heavy (non-hydrogen) atoms. The quantitative estimate of drug-likeness (QED) is 0.299. The molecule has 0 aliphatic heterocycles. The zero-order valence-corrected chi connectivity index (χ0v) is 20.3. The zero-order valence-electron chi connectivity index (χ0n) is 18.7. The Bertz CT molecular complexity index is 1260. The van der Waals surface area contributed by atoms with Crippen LogP contribution in [0.2, 0.25) is 5.02 Å². The van der Waals surface area contributed by atoms with E-state index >= 15 is 0 Å². The molecule has 1 N–H and O–H groups in total. The number of amides is 1. The molecule has 0 bridgehead atoms. The predicted molar refractivity (Wildman–Crippen MR) is 135 cm³/mol. The summed E-state index contributed by atoms with van der Waals surface area (Å²) in [7, 11) is 1.62. The van der Waals surface area contributed by atoms with Crippen LogP contribution in [0.3, 0.4) is 0 Å². The number of anilines is 1. The van der Waals surface area contributed by atoms with Crippen molar-refractivity contribution < 1.29 is 14.3 Å². The molecule has 9 heteroatoms. The second-order valence-electron chi connectivity index (χ2n) is 7.14. The van der Waals surface area contributed by atoms with Crippen LogP contribution in [0.25, 0.3) is 17.1 Å². The molecule has 0 unspecified atom stereocenters. The van der Waals surface area contributed by atoms with Gasteiger partial charge in [-0.05, 0) is 67.6 Å². The molecule has 7 nitrogen and oxygen atoms in total. The lowest BCUT2D eigenvalue weighted by Gasteiger charge is -2.11. The van der Waals surface area contributed by atoms with E-state index in [9.17, 15) is 4.79 Å². The fourth-order valence-corrected chi connectivity index (χ4v) is 4.14. The van der Waals surface area contributed by atoms with Gasteiger partial charge in [-0.1, -0.05) is 35.5 Å². The number of hydrogen-bond acceptors (Lipinski definition) is 6. The van der Waals surface area contributed by atoms with E-state index < -0.39 is 0 Å². The number of halogens is 1. The number of hydrogen-bond donors (Lipinski definition) is 1. The van der Waals surface area contributed by atoms with Crippen LogP contribution >= 0.6 is 23.4 Å². The molecule has 4 aromatic rings. The first kappa shape index (κ1) is 23.7. The van der Waals surface area contributed by atoms with E-state index in [0.29, 0.717) is 34.0 Å². The molecule has 0 spiro atoms. The van der Waals surface area contributed by atoms with Gasteiger partial charge >= 0.3 is 0 Å². The molecule has 174 valence electrons. The third-order valence-corrected chi connectivity index (χ3v) is 6.01. The zero-order chi connectivity index (χ0) is 23.9. The highest BCUT2D eigenvalue weighted by Gasteiger charge is 2.18. The Morgan fingerprint density at radius 2 is 1.79 bits per heavy atom. The summed E-state index contributed by atoms with van der Waals surface area (Å²) in [5.41, 5.74) is 2.37. The third-order valence-electron chi connectivity index (χ3n) is 4.83. The number of ether oxygens (including phenoxy) is 2. The number of thioether (sulfide) groups is 1. The number of aromatic nitrogens is 3. The van der Waals surface area contributed by atoms with Crippen molar-refractivity contribution in [3.05, 3.63) is 77.8 Å². The number of nitrogens with zero attached hydrogens (tertiary/aromatic N) is 3. The van der Waals surface area contributed by atoms with Crippen LogP contribution in [0.5, 0.6) is 11.5 Å². The molecule has 3 aromatic carbocycles. The summed E-state index contributed by atoms with van der Waals surface area (Å²) in [4.78, 5) is 12.6. The first-order valence-corrected chi connectivity index (χ1v) is 11.9. The van der Waals surface area contributed by atoms with Gasteiger partial charge < -0.3 is 14.8 Å². The molecule has 1 heterocycles. The van der Waals surface area contributed by atoms with Gasteiger partial charge in [0.2, 0.25) is 5.91 Å². The van der Waals surface area contributed by atoms with E-state index in [1.165, 1.54) is 11.8 Å². The minimum atomic E-state index is -0.150. The summed E-state index contributed by atoms with van der Waals surface area (Å²) in [5, 5.41) is 12.9. The fraction of sp³-hybridized carbons (Fsp3) is 0.160. The summed E-state index contributed by atoms with van der Waals surface area (Å²) >= 11 is 7.39. The predicted octanol–water partition coefficient (Wildman–Crippen LogP) is 5.73. The molecule has 1 aromatic heterocycles. The van der Waals surface area contributed by atoms with Gasteiger partial charge in [0, 0.05) is 22.0 Å². The summed E-state index contributed by atoms with van der Waals surface area (Å²) in [5.74, 6) is 2.12. The maximum Gasteiger partial charge on any atom is 0.234 e. The van der Waals surface area contributed by atoms with Gasteiger partial charge in [-0.2, -0.15) is 0 Å². The standard InChI is InChI=1S/C25H23ClN4O3S/c1-3-33-21-13-9-19(10-14-21)27-23(31)16-34-25-29-28-24(17-5-4-6-22(15-17)32-2)30(25)20-11-7-18(26)8-12-20/h4-15H,3,16H2,1-2H3,(H,27,31). The lowest BCUT2D eigenvalue weighted by molar-refractivity contribution is -0.113. The van der Waals surface area contributed by atoms with Gasteiger partial charge in [0.15, 0.2) is 11.0 Å². The summed E-state index contributed by atoms with van der Waals surface area (Å²) in [6.07, 6.45) is 0. The van der Waals surface area contributed by atoms with E-state index in [1.54, 1.807) is 19.2 Å². The van der Waals surface area contributed by atoms with Crippen LogP contribution in [0, 0.1) is 0 Å². The molecule has 0 aliphatic carbocycles. The summed E-state index contributed by atoms with van der Waals surface area (Å²) < 4.78 is 12.7. The van der Waals surface area contributed by atoms with E-state index in [1.807, 2.05) is 72.2 Å². The van der Waals surface area contributed by atoms with Crippen LogP contribution in [0.1, 0.15) is 6.92 Å². The van der Waals surface area contributed by atoms with Gasteiger partial charge in [-0.3, -0.25) is 9.36 Å². The van der Waals surface area contributed by atoms with Crippen LogP contribution < -0.4 is 14.8 Å². The molecular weight excluding hydrogens is 472 g/mol. The van der Waals surface area contributed by atoms with E-state index in [2.05, 4.69) is 15.5 Å². The van der Waals surface area contributed by atoms with Crippen molar-refractivity contribution in [3.8, 4) is 28.6 Å². The minimum absolute atomic E-state index is 0.150. The molecule has 0 fully saturated rings. The van der Waals surface area contributed by atoms with Crippen molar-refractivity contribution in [1.29, 1.82) is 0 Å². The number of rotatable bonds is 9. The van der Waals surface area contributed by atoms with Crippen molar-refractivity contribution in [3.63, 3.8) is 0 Å². The monoisotopic (exact) mass is 494 g/mol. The van der Waals surface area contributed by atoms with Crippen molar-refractivity contribution in [2.45, 2.75) is 12.1 Å². The number of methoxy groups -OCH3 is 1. The Morgan fingerprint density at radius 3 is 2.50 bits per heavy atom. The first-order valence-electron chi connectivity index (χ1n) is 10.6.